The first kappa shape index (κ1) is 12.5. The van der Waals surface area contributed by atoms with E-state index in [9.17, 15) is 8.42 Å². The summed E-state index contributed by atoms with van der Waals surface area (Å²) in [7, 11) is -3.08. The van der Waals surface area contributed by atoms with Crippen LogP contribution in [0.5, 0.6) is 0 Å². The topological polar surface area (TPSA) is 57.9 Å². The first-order valence-corrected chi connectivity index (χ1v) is 8.82. The van der Waals surface area contributed by atoms with Crippen molar-refractivity contribution in [3.05, 3.63) is 0 Å². The van der Waals surface area contributed by atoms with Gasteiger partial charge in [0.25, 0.3) is 0 Å². The Labute approximate surface area is 109 Å². The molecule has 100 valence electrons. The summed E-state index contributed by atoms with van der Waals surface area (Å²) in [6, 6.07) is 2.06. The fourth-order valence-electron chi connectivity index (χ4n) is 4.96. The van der Waals surface area contributed by atoms with Gasteiger partial charge in [0.15, 0.2) is 9.84 Å². The van der Waals surface area contributed by atoms with E-state index < -0.39 is 9.84 Å². The maximum absolute atomic E-state index is 12.5. The summed E-state index contributed by atoms with van der Waals surface area (Å²) in [6.45, 7) is 1.72. The van der Waals surface area contributed by atoms with Crippen LogP contribution in [0.25, 0.3) is 0 Å². The Kier molecular flexibility index (Phi) is 2.93. The number of hydrogen-bond donors (Lipinski definition) is 0. The van der Waals surface area contributed by atoms with Gasteiger partial charge in [-0.2, -0.15) is 5.26 Å². The van der Waals surface area contributed by atoms with E-state index in [0.29, 0.717) is 11.8 Å². The van der Waals surface area contributed by atoms with Gasteiger partial charge in [-0.15, -0.1) is 0 Å². The summed E-state index contributed by atoms with van der Waals surface area (Å²) in [6.07, 6.45) is 5.83. The summed E-state index contributed by atoms with van der Waals surface area (Å²) >= 11 is 0. The largest absolute Gasteiger partial charge is 0.228 e. The first-order valence-electron chi connectivity index (χ1n) is 7.10. The number of hydrogen-bond acceptors (Lipinski definition) is 3. The van der Waals surface area contributed by atoms with Crippen LogP contribution >= 0.6 is 0 Å². The molecule has 3 nitrogen and oxygen atoms in total. The average molecular weight is 267 g/mol. The number of nitrogens with zero attached hydrogens (tertiary/aromatic N) is 1. The lowest BCUT2D eigenvalue weighted by Crippen LogP contribution is -2.52. The normalized spacial score (nSPS) is 43.7. The zero-order valence-electron chi connectivity index (χ0n) is 10.9. The van der Waals surface area contributed by atoms with Crippen molar-refractivity contribution in [1.29, 1.82) is 5.26 Å². The molecule has 0 heterocycles. The zero-order chi connectivity index (χ0) is 12.9. The molecular weight excluding hydrogens is 246 g/mol. The molecule has 0 saturated heterocycles. The average Bonchev–Trinajstić information content (AvgIpc) is 2.26. The highest BCUT2D eigenvalue weighted by atomic mass is 32.2. The van der Waals surface area contributed by atoms with Crippen molar-refractivity contribution in [2.45, 2.75) is 44.3 Å². The van der Waals surface area contributed by atoms with E-state index in [-0.39, 0.29) is 16.9 Å². The Morgan fingerprint density at radius 2 is 1.61 bits per heavy atom. The third-order valence-corrected chi connectivity index (χ3v) is 7.82. The van der Waals surface area contributed by atoms with Crippen molar-refractivity contribution in [3.8, 4) is 6.07 Å². The molecule has 4 aliphatic rings. The summed E-state index contributed by atoms with van der Waals surface area (Å²) in [5.74, 6) is 2.09. The lowest BCUT2D eigenvalue weighted by atomic mass is 9.56. The van der Waals surface area contributed by atoms with Crippen molar-refractivity contribution >= 4 is 9.84 Å². The maximum atomic E-state index is 12.5. The van der Waals surface area contributed by atoms with Gasteiger partial charge in [-0.1, -0.05) is 0 Å². The van der Waals surface area contributed by atoms with Crippen LogP contribution in [0.2, 0.25) is 0 Å². The van der Waals surface area contributed by atoms with Gasteiger partial charge in [-0.3, -0.25) is 0 Å². The molecule has 18 heavy (non-hydrogen) atoms. The van der Waals surface area contributed by atoms with Crippen LogP contribution in [0.3, 0.4) is 0 Å². The third kappa shape index (κ3) is 1.97. The van der Waals surface area contributed by atoms with Gasteiger partial charge in [0.05, 0.1) is 23.0 Å². The lowest BCUT2D eigenvalue weighted by Gasteiger charge is -2.53. The van der Waals surface area contributed by atoms with Crippen LogP contribution in [0, 0.1) is 40.9 Å². The van der Waals surface area contributed by atoms with Gasteiger partial charge in [0.2, 0.25) is 0 Å². The van der Waals surface area contributed by atoms with E-state index in [1.54, 1.807) is 6.92 Å². The molecule has 0 aliphatic heterocycles. The Hall–Kier alpha value is -0.560. The second kappa shape index (κ2) is 4.23. The quantitative estimate of drug-likeness (QED) is 0.789. The molecule has 1 atom stereocenters. The molecule has 0 N–H and O–H groups in total. The van der Waals surface area contributed by atoms with Crippen molar-refractivity contribution in [3.63, 3.8) is 0 Å². The van der Waals surface area contributed by atoms with Gasteiger partial charge in [0.1, 0.15) is 0 Å². The molecule has 0 radical (unpaired) electrons. The van der Waals surface area contributed by atoms with Crippen molar-refractivity contribution in [2.75, 3.05) is 5.75 Å². The summed E-state index contributed by atoms with van der Waals surface area (Å²) in [5, 5.41) is 8.71. The van der Waals surface area contributed by atoms with E-state index in [1.165, 1.54) is 6.42 Å². The van der Waals surface area contributed by atoms with Crippen LogP contribution in [0.4, 0.5) is 0 Å². The molecule has 4 saturated carbocycles. The molecular formula is C14H21NO2S. The fourth-order valence-corrected chi connectivity index (χ4v) is 7.57. The number of sulfone groups is 1. The third-order valence-electron chi connectivity index (χ3n) is 5.26. The minimum Gasteiger partial charge on any atom is -0.228 e. The Balaban J connectivity index is 1.82. The predicted molar refractivity (Wildman–Crippen MR) is 69.4 cm³/mol. The second-order valence-corrected chi connectivity index (χ2v) is 8.96. The van der Waals surface area contributed by atoms with Crippen molar-refractivity contribution < 1.29 is 8.42 Å². The standard InChI is InChI=1S/C14H21NO2S/c1-9(7-15)8-18(16,17)14-12-3-10-2-11(5-12)6-13(14)4-10/h9-14H,2-6,8H2,1H3. The van der Waals surface area contributed by atoms with E-state index in [4.69, 9.17) is 5.26 Å². The molecule has 4 rings (SSSR count). The van der Waals surface area contributed by atoms with E-state index in [0.717, 1.165) is 37.5 Å². The van der Waals surface area contributed by atoms with E-state index in [2.05, 4.69) is 6.07 Å². The summed E-state index contributed by atoms with van der Waals surface area (Å²) in [4.78, 5) is 0. The van der Waals surface area contributed by atoms with E-state index in [1.807, 2.05) is 0 Å². The van der Waals surface area contributed by atoms with Crippen molar-refractivity contribution in [2.24, 2.45) is 29.6 Å². The Bertz CT molecular complexity index is 449. The first-order chi connectivity index (χ1) is 8.49. The zero-order valence-corrected chi connectivity index (χ0v) is 11.7. The Morgan fingerprint density at radius 1 is 1.11 bits per heavy atom. The van der Waals surface area contributed by atoms with Crippen LogP contribution < -0.4 is 0 Å². The fraction of sp³-hybridized carbons (Fsp3) is 0.929. The molecule has 0 amide bonds. The molecule has 0 aromatic heterocycles. The Morgan fingerprint density at radius 3 is 2.06 bits per heavy atom. The van der Waals surface area contributed by atoms with Crippen LogP contribution in [-0.4, -0.2) is 19.4 Å². The van der Waals surface area contributed by atoms with Gasteiger partial charge >= 0.3 is 0 Å². The van der Waals surface area contributed by atoms with Gasteiger partial charge < -0.3 is 0 Å². The second-order valence-electron chi connectivity index (χ2n) is 6.76. The van der Waals surface area contributed by atoms with Crippen molar-refractivity contribution in [1.82, 2.24) is 0 Å². The smallest absolute Gasteiger partial charge is 0.154 e. The number of rotatable bonds is 3. The highest BCUT2D eigenvalue weighted by Crippen LogP contribution is 2.55. The summed E-state index contributed by atoms with van der Waals surface area (Å²) < 4.78 is 25.1. The minimum absolute atomic E-state index is 0.0660. The van der Waals surface area contributed by atoms with Gasteiger partial charge in [-0.05, 0) is 62.7 Å². The monoisotopic (exact) mass is 267 g/mol. The molecule has 0 aromatic carbocycles. The maximum Gasteiger partial charge on any atom is 0.154 e. The molecule has 4 heteroatoms. The highest BCUT2D eigenvalue weighted by Gasteiger charge is 2.52. The predicted octanol–water partition coefficient (Wildman–Crippen LogP) is 2.39. The van der Waals surface area contributed by atoms with Gasteiger partial charge in [-0.25, -0.2) is 8.42 Å². The van der Waals surface area contributed by atoms with Crippen LogP contribution in [-0.2, 0) is 9.84 Å². The SMILES string of the molecule is CC(C#N)CS(=O)(=O)C1C2CC3CC(C2)CC1C3. The molecule has 4 aliphatic carbocycles. The number of nitriles is 1. The molecule has 1 unspecified atom stereocenters. The van der Waals surface area contributed by atoms with Gasteiger partial charge in [0, 0.05) is 0 Å². The lowest BCUT2D eigenvalue weighted by molar-refractivity contribution is 0.0237. The highest BCUT2D eigenvalue weighted by molar-refractivity contribution is 7.92. The minimum atomic E-state index is -3.08. The molecule has 0 spiro atoms. The molecule has 4 fully saturated rings. The van der Waals surface area contributed by atoms with Crippen LogP contribution in [0.15, 0.2) is 0 Å². The van der Waals surface area contributed by atoms with E-state index >= 15 is 0 Å². The summed E-state index contributed by atoms with van der Waals surface area (Å²) in [5.41, 5.74) is 0. The molecule has 0 aromatic rings. The van der Waals surface area contributed by atoms with Crippen LogP contribution in [0.1, 0.15) is 39.0 Å². The molecule has 4 bridgehead atoms.